The van der Waals surface area contributed by atoms with Gasteiger partial charge in [-0.15, -0.1) is 12.6 Å². The third-order valence-corrected chi connectivity index (χ3v) is 14.1. The number of hydrogen-bond acceptors (Lipinski definition) is 1. The molecule has 0 saturated heterocycles. The fourth-order valence-corrected chi connectivity index (χ4v) is 8.15. The third kappa shape index (κ3) is 3.72. The molecule has 0 aliphatic carbocycles. The molecule has 0 atom stereocenters. The van der Waals surface area contributed by atoms with Gasteiger partial charge in [0.1, 0.15) is 0 Å². The molecule has 0 aliphatic rings. The third-order valence-electron chi connectivity index (χ3n) is 2.70. The normalized spacial score (nSPS) is 11.2. The van der Waals surface area contributed by atoms with E-state index in [9.17, 15) is 0 Å². The topological polar surface area (TPSA) is 0 Å². The van der Waals surface area contributed by atoms with E-state index < -0.39 is 0 Å². The molecule has 0 N–H and O–H groups in total. The lowest BCUT2D eigenvalue weighted by Crippen LogP contribution is -1.93. The highest BCUT2D eigenvalue weighted by molar-refractivity contribution is 9.16. The molecule has 0 heterocycles. The fourth-order valence-electron chi connectivity index (χ4n) is 1.66. The van der Waals surface area contributed by atoms with Crippen LogP contribution in [0.4, 0.5) is 0 Å². The lowest BCUT2D eigenvalue weighted by molar-refractivity contribution is 1.30. The molecule has 0 spiro atoms. The molecule has 118 valence electrons. The van der Waals surface area contributed by atoms with E-state index in [0.717, 1.165) is 56.3 Å². The zero-order valence-electron chi connectivity index (χ0n) is 9.85. The van der Waals surface area contributed by atoms with E-state index in [1.54, 1.807) is 0 Å². The summed E-state index contributed by atoms with van der Waals surface area (Å²) in [6.07, 6.45) is 0. The van der Waals surface area contributed by atoms with Gasteiger partial charge in [0.2, 0.25) is 0 Å². The first kappa shape index (κ1) is 21.4. The molecule has 2 aromatic rings. The predicted molar refractivity (Wildman–Crippen MR) is 128 cm³/mol. The van der Waals surface area contributed by atoms with Gasteiger partial charge in [-0.1, -0.05) is 0 Å². The van der Waals surface area contributed by atoms with E-state index in [0.29, 0.717) is 0 Å². The van der Waals surface area contributed by atoms with Gasteiger partial charge in [0.25, 0.3) is 0 Å². The molecule has 22 heavy (non-hydrogen) atoms. The quantitative estimate of drug-likeness (QED) is 0.165. The van der Waals surface area contributed by atoms with Crippen molar-refractivity contribution >= 4 is 156 Å². The highest BCUT2D eigenvalue weighted by Crippen LogP contribution is 2.55. The molecule has 0 aliphatic heterocycles. The van der Waals surface area contributed by atoms with Gasteiger partial charge in [-0.25, -0.2) is 0 Å². The van der Waals surface area contributed by atoms with Gasteiger partial charge in [0.15, 0.2) is 0 Å². The Hall–Kier alpha value is 3.11. The van der Waals surface area contributed by atoms with Crippen LogP contribution in [0.15, 0.2) is 45.1 Å². The molecule has 0 amide bonds. The average Bonchev–Trinajstić information content (AvgIpc) is 2.50. The number of thiol groups is 1. The lowest BCUT2D eigenvalue weighted by atomic mass is 10.1. The van der Waals surface area contributed by atoms with Crippen molar-refractivity contribution in [1.82, 2.24) is 0 Å². The maximum absolute atomic E-state index is 4.52. The molecule has 2 aromatic carbocycles. The Bertz CT molecular complexity index is 675. The maximum atomic E-state index is 4.52. The smallest absolute Gasteiger partial charge is 0.0482 e. The van der Waals surface area contributed by atoms with Crippen molar-refractivity contribution in [3.63, 3.8) is 0 Å². The van der Waals surface area contributed by atoms with Crippen LogP contribution in [-0.2, 0) is 0 Å². The highest BCUT2D eigenvalue weighted by atomic mass is 79.9. The number of rotatable bonds is 1. The fraction of sp³-hybridized carbons (Fsp3) is 0. The van der Waals surface area contributed by atoms with Crippen LogP contribution in [0.5, 0.6) is 0 Å². The number of halogens is 9. The molecule has 0 radical (unpaired) electrons. The van der Waals surface area contributed by atoms with Crippen molar-refractivity contribution < 1.29 is 0 Å². The van der Waals surface area contributed by atoms with Gasteiger partial charge in [-0.2, -0.15) is 0 Å². The minimum Gasteiger partial charge on any atom is -0.141 e. The molecular weight excluding hydrogens is 895 g/mol. The van der Waals surface area contributed by atoms with Gasteiger partial charge in [-0.3, -0.25) is 0 Å². The van der Waals surface area contributed by atoms with E-state index in [-0.39, 0.29) is 0 Å². The zero-order valence-corrected chi connectivity index (χ0v) is 25.0. The minimum atomic E-state index is 0.810. The van der Waals surface area contributed by atoms with E-state index >= 15 is 0 Å². The monoisotopic (exact) mass is 887 g/mol. The van der Waals surface area contributed by atoms with Gasteiger partial charge in [0, 0.05) is 56.3 Å². The first-order valence-electron chi connectivity index (χ1n) is 5.17. The lowest BCUT2D eigenvalue weighted by Gasteiger charge is -2.19. The summed E-state index contributed by atoms with van der Waals surface area (Å²) in [6, 6.07) is 0. The van der Waals surface area contributed by atoms with E-state index in [1.807, 2.05) is 0 Å². The standard InChI is InChI=1S/C12HBr9S/c13-3-1(4(14)8(18)9(19)7(3)17)2-5(15)10(20)12(22)11(21)6(2)16/h22H. The molecule has 0 unspecified atom stereocenters. The van der Waals surface area contributed by atoms with Crippen LogP contribution >= 0.6 is 156 Å². The summed E-state index contributed by atoms with van der Waals surface area (Å²) >= 11 is 37.1. The summed E-state index contributed by atoms with van der Waals surface area (Å²) in [7, 11) is 0. The highest BCUT2D eigenvalue weighted by Gasteiger charge is 2.25. The molecule has 2 rings (SSSR count). The van der Waals surface area contributed by atoms with Crippen molar-refractivity contribution in [2.24, 2.45) is 0 Å². The van der Waals surface area contributed by atoms with Crippen molar-refractivity contribution in [3.05, 3.63) is 40.3 Å². The molecule has 0 nitrogen and oxygen atoms in total. The minimum absolute atomic E-state index is 0.810. The second kappa shape index (κ2) is 8.42. The maximum Gasteiger partial charge on any atom is 0.0482 e. The molecule has 0 aromatic heterocycles. The second-order valence-corrected chi connectivity index (χ2v) is 11.5. The summed E-state index contributed by atoms with van der Waals surface area (Å²) < 4.78 is 8.13. The Morgan fingerprint density at radius 3 is 0.909 bits per heavy atom. The number of benzene rings is 2. The van der Waals surface area contributed by atoms with Crippen LogP contribution in [0.2, 0.25) is 0 Å². The molecule has 10 heteroatoms. The molecule has 0 bridgehead atoms. The second-order valence-electron chi connectivity index (χ2n) is 3.92. The summed E-state index contributed by atoms with van der Waals surface area (Å²) in [5.41, 5.74) is 1.96. The summed E-state index contributed by atoms with van der Waals surface area (Å²) in [5.74, 6) is 0. The van der Waals surface area contributed by atoms with Crippen molar-refractivity contribution in [3.8, 4) is 11.1 Å². The van der Waals surface area contributed by atoms with Crippen molar-refractivity contribution in [2.45, 2.75) is 4.90 Å². The summed E-state index contributed by atoms with van der Waals surface area (Å²) in [6.45, 7) is 0. The molecular formula is C12HBr9S. The van der Waals surface area contributed by atoms with Crippen LogP contribution in [0.3, 0.4) is 0 Å². The molecule has 0 saturated carbocycles. The van der Waals surface area contributed by atoms with Crippen LogP contribution < -0.4 is 0 Å². The summed E-state index contributed by atoms with van der Waals surface area (Å²) in [4.78, 5) is 0.810. The van der Waals surface area contributed by atoms with E-state index in [1.165, 1.54) is 0 Å². The van der Waals surface area contributed by atoms with E-state index in [4.69, 9.17) is 0 Å². The number of hydrogen-bond donors (Lipinski definition) is 1. The van der Waals surface area contributed by atoms with Crippen molar-refractivity contribution in [1.29, 1.82) is 0 Å². The average molecular weight is 896 g/mol. The largest absolute Gasteiger partial charge is 0.141 e. The van der Waals surface area contributed by atoms with Crippen LogP contribution in [-0.4, -0.2) is 0 Å². The van der Waals surface area contributed by atoms with Gasteiger partial charge in [0.05, 0.1) is 0 Å². The van der Waals surface area contributed by atoms with Crippen LogP contribution in [0.1, 0.15) is 0 Å². The first-order chi connectivity index (χ1) is 10.1. The first-order valence-corrected chi connectivity index (χ1v) is 12.8. The summed E-state index contributed by atoms with van der Waals surface area (Å²) in [5, 5.41) is 0. The van der Waals surface area contributed by atoms with Crippen LogP contribution in [0, 0.1) is 0 Å². The van der Waals surface area contributed by atoms with Crippen LogP contribution in [0.25, 0.3) is 11.1 Å². The zero-order chi connectivity index (χ0) is 16.9. The SMILES string of the molecule is Sc1c(Br)c(Br)c(-c2c(Br)c(Br)c(Br)c(Br)c2Br)c(Br)c1Br. The molecule has 0 fully saturated rings. The Morgan fingerprint density at radius 1 is 0.364 bits per heavy atom. The van der Waals surface area contributed by atoms with Gasteiger partial charge < -0.3 is 0 Å². The van der Waals surface area contributed by atoms with E-state index in [2.05, 4.69) is 156 Å². The predicted octanol–water partition coefficient (Wildman–Crippen LogP) is 10.5. The van der Waals surface area contributed by atoms with Crippen molar-refractivity contribution in [2.75, 3.05) is 0 Å². The Morgan fingerprint density at radius 2 is 0.591 bits per heavy atom. The Labute approximate surface area is 208 Å². The van der Waals surface area contributed by atoms with Gasteiger partial charge >= 0.3 is 0 Å². The Kier molecular flexibility index (Phi) is 8.19. The Balaban J connectivity index is 3.03. The van der Waals surface area contributed by atoms with Gasteiger partial charge in [-0.05, 0) is 143 Å².